The fourth-order valence-corrected chi connectivity index (χ4v) is 8.59. The molecule has 3 heteroatoms. The molecule has 0 aliphatic carbocycles. The Bertz CT molecular complexity index is 3180. The van der Waals surface area contributed by atoms with Crippen molar-refractivity contribution in [2.24, 2.45) is 7.05 Å². The predicted molar refractivity (Wildman–Crippen MR) is 220 cm³/mol. The molecule has 0 unspecified atom stereocenters. The zero-order valence-electron chi connectivity index (χ0n) is 28.7. The summed E-state index contributed by atoms with van der Waals surface area (Å²) in [7, 11) is 2.16. The largest absolute Gasteiger partial charge is 0.344 e. The monoisotopic (exact) mass is 663 g/mol. The zero-order chi connectivity index (χ0) is 34.3. The van der Waals surface area contributed by atoms with Crippen LogP contribution in [0.5, 0.6) is 0 Å². The molecule has 0 fully saturated rings. The molecule has 3 aromatic heterocycles. The first kappa shape index (κ1) is 28.9. The van der Waals surface area contributed by atoms with Crippen molar-refractivity contribution in [3.63, 3.8) is 0 Å². The van der Waals surface area contributed by atoms with E-state index in [0.717, 1.165) is 5.69 Å². The van der Waals surface area contributed by atoms with Gasteiger partial charge >= 0.3 is 0 Å². The standard InChI is InChI=1S/C49H33N3/c1-50-44-18-10-8-16-38(44)40-28-32(20-24-45(40)50)34-22-26-48-42(30-34)43-31-35(23-27-49(43)52(48)37-14-6-3-7-15-37)33-21-25-47-41(29-33)39-17-9-11-19-46(39)51(47)36-12-4-2-5-13-36/h2-31H,1H3. The highest BCUT2D eigenvalue weighted by molar-refractivity contribution is 6.14. The smallest absolute Gasteiger partial charge is 0.0541 e. The summed E-state index contributed by atoms with van der Waals surface area (Å²) in [4.78, 5) is 0. The first-order chi connectivity index (χ1) is 25.7. The van der Waals surface area contributed by atoms with Crippen molar-refractivity contribution in [1.29, 1.82) is 0 Å². The van der Waals surface area contributed by atoms with Gasteiger partial charge < -0.3 is 13.7 Å². The highest BCUT2D eigenvalue weighted by Gasteiger charge is 2.17. The summed E-state index contributed by atoms with van der Waals surface area (Å²) in [6, 6.07) is 66.6. The third-order valence-corrected chi connectivity index (χ3v) is 11.0. The van der Waals surface area contributed by atoms with Crippen LogP contribution in [0.2, 0.25) is 0 Å². The van der Waals surface area contributed by atoms with Gasteiger partial charge in [0.05, 0.1) is 22.1 Å². The summed E-state index contributed by atoms with van der Waals surface area (Å²) >= 11 is 0. The molecule has 0 saturated carbocycles. The Kier molecular flexibility index (Phi) is 6.17. The Hall–Kier alpha value is -6.84. The molecule has 0 spiro atoms. The number of hydrogen-bond donors (Lipinski definition) is 0. The highest BCUT2D eigenvalue weighted by atomic mass is 15.0. The molecule has 0 N–H and O–H groups in total. The van der Waals surface area contributed by atoms with Crippen LogP contribution in [0.1, 0.15) is 0 Å². The van der Waals surface area contributed by atoms with Gasteiger partial charge in [-0.05, 0) is 107 Å². The molecule has 0 saturated heterocycles. The van der Waals surface area contributed by atoms with Crippen LogP contribution in [-0.4, -0.2) is 13.7 Å². The summed E-state index contributed by atoms with van der Waals surface area (Å²) in [6.07, 6.45) is 0. The van der Waals surface area contributed by atoms with Crippen LogP contribution in [0.4, 0.5) is 0 Å². The fourth-order valence-electron chi connectivity index (χ4n) is 8.59. The molecule has 0 amide bonds. The number of benzene rings is 8. The molecular weight excluding hydrogens is 631 g/mol. The Morgan fingerprint density at radius 2 is 0.577 bits per heavy atom. The average molecular weight is 664 g/mol. The fraction of sp³-hybridized carbons (Fsp3) is 0.0204. The zero-order valence-corrected chi connectivity index (χ0v) is 28.7. The van der Waals surface area contributed by atoms with E-state index in [4.69, 9.17) is 0 Å². The van der Waals surface area contributed by atoms with E-state index in [1.807, 2.05) is 0 Å². The molecule has 0 aliphatic rings. The number of nitrogens with zero attached hydrogens (tertiary/aromatic N) is 3. The number of aryl methyl sites for hydroxylation is 1. The van der Waals surface area contributed by atoms with Crippen molar-refractivity contribution in [1.82, 2.24) is 13.7 Å². The van der Waals surface area contributed by atoms with Crippen LogP contribution in [0, 0.1) is 0 Å². The van der Waals surface area contributed by atoms with Gasteiger partial charge in [0.1, 0.15) is 0 Å². The lowest BCUT2D eigenvalue weighted by molar-refractivity contribution is 1.01. The molecule has 0 radical (unpaired) electrons. The highest BCUT2D eigenvalue weighted by Crippen LogP contribution is 2.40. The van der Waals surface area contributed by atoms with Crippen LogP contribution in [0.25, 0.3) is 99.0 Å². The SMILES string of the molecule is Cn1c2ccccc2c2cc(-c3ccc4c(c3)c3cc(-c5ccc6c(c5)c5ccccc5n6-c5ccccc5)ccc3n4-c3ccccc3)ccc21. The van der Waals surface area contributed by atoms with Crippen molar-refractivity contribution in [2.45, 2.75) is 0 Å². The lowest BCUT2D eigenvalue weighted by atomic mass is 9.98. The maximum absolute atomic E-state index is 2.41. The Labute approximate surface area is 300 Å². The summed E-state index contributed by atoms with van der Waals surface area (Å²) < 4.78 is 7.08. The van der Waals surface area contributed by atoms with Crippen LogP contribution in [0.15, 0.2) is 182 Å². The second-order valence-corrected chi connectivity index (χ2v) is 13.9. The van der Waals surface area contributed by atoms with E-state index in [1.165, 1.54) is 93.4 Å². The van der Waals surface area contributed by atoms with Gasteiger partial charge in [-0.15, -0.1) is 0 Å². The van der Waals surface area contributed by atoms with Crippen molar-refractivity contribution >= 4 is 65.4 Å². The lowest BCUT2D eigenvalue weighted by Gasteiger charge is -2.09. The first-order valence-electron chi connectivity index (χ1n) is 17.9. The van der Waals surface area contributed by atoms with Gasteiger partial charge in [0, 0.05) is 61.8 Å². The maximum Gasteiger partial charge on any atom is 0.0541 e. The normalized spacial score (nSPS) is 11.9. The van der Waals surface area contributed by atoms with Gasteiger partial charge in [-0.25, -0.2) is 0 Å². The van der Waals surface area contributed by atoms with Crippen molar-refractivity contribution < 1.29 is 0 Å². The van der Waals surface area contributed by atoms with Gasteiger partial charge in [-0.1, -0.05) is 97.1 Å². The van der Waals surface area contributed by atoms with Crippen LogP contribution >= 0.6 is 0 Å². The number of aromatic nitrogens is 3. The second-order valence-electron chi connectivity index (χ2n) is 13.9. The topological polar surface area (TPSA) is 14.8 Å². The van der Waals surface area contributed by atoms with Gasteiger partial charge in [-0.3, -0.25) is 0 Å². The first-order valence-corrected chi connectivity index (χ1v) is 17.9. The molecule has 8 aromatic carbocycles. The quantitative estimate of drug-likeness (QED) is 0.178. The summed E-state index contributed by atoms with van der Waals surface area (Å²) in [6.45, 7) is 0. The van der Waals surface area contributed by atoms with E-state index in [1.54, 1.807) is 0 Å². The Morgan fingerprint density at radius 1 is 0.269 bits per heavy atom. The predicted octanol–water partition coefficient (Wildman–Crippen LogP) is 12.9. The number of para-hydroxylation sites is 4. The molecule has 0 aliphatic heterocycles. The molecule has 11 rings (SSSR count). The minimum atomic E-state index is 1.16. The van der Waals surface area contributed by atoms with Gasteiger partial charge in [0.2, 0.25) is 0 Å². The molecular formula is C49H33N3. The van der Waals surface area contributed by atoms with E-state index in [2.05, 4.69) is 203 Å². The van der Waals surface area contributed by atoms with Crippen molar-refractivity contribution in [2.75, 3.05) is 0 Å². The van der Waals surface area contributed by atoms with Gasteiger partial charge in [0.15, 0.2) is 0 Å². The summed E-state index contributed by atoms with van der Waals surface area (Å²) in [5, 5.41) is 7.59. The second kappa shape index (κ2) is 11.1. The van der Waals surface area contributed by atoms with E-state index < -0.39 is 0 Å². The molecule has 3 heterocycles. The Balaban J connectivity index is 1.12. The summed E-state index contributed by atoms with van der Waals surface area (Å²) in [5.41, 5.74) is 14.5. The van der Waals surface area contributed by atoms with Crippen molar-refractivity contribution in [3.05, 3.63) is 182 Å². The lowest BCUT2D eigenvalue weighted by Crippen LogP contribution is -1.93. The van der Waals surface area contributed by atoms with E-state index in [-0.39, 0.29) is 0 Å². The molecule has 52 heavy (non-hydrogen) atoms. The van der Waals surface area contributed by atoms with Crippen LogP contribution < -0.4 is 0 Å². The van der Waals surface area contributed by atoms with Crippen LogP contribution in [0.3, 0.4) is 0 Å². The van der Waals surface area contributed by atoms with Crippen LogP contribution in [-0.2, 0) is 7.05 Å². The minimum absolute atomic E-state index is 1.16. The molecule has 11 aromatic rings. The average Bonchev–Trinajstić information content (AvgIpc) is 3.83. The Morgan fingerprint density at radius 3 is 1.06 bits per heavy atom. The van der Waals surface area contributed by atoms with Gasteiger partial charge in [-0.2, -0.15) is 0 Å². The molecule has 0 atom stereocenters. The minimum Gasteiger partial charge on any atom is -0.344 e. The van der Waals surface area contributed by atoms with E-state index in [9.17, 15) is 0 Å². The third-order valence-electron chi connectivity index (χ3n) is 11.0. The molecule has 3 nitrogen and oxygen atoms in total. The maximum atomic E-state index is 2.41. The summed E-state index contributed by atoms with van der Waals surface area (Å²) in [5.74, 6) is 0. The number of hydrogen-bond acceptors (Lipinski definition) is 0. The van der Waals surface area contributed by atoms with E-state index in [0.29, 0.717) is 0 Å². The van der Waals surface area contributed by atoms with E-state index >= 15 is 0 Å². The number of rotatable bonds is 4. The number of fused-ring (bicyclic) bond motifs is 9. The third kappa shape index (κ3) is 4.20. The van der Waals surface area contributed by atoms with Crippen molar-refractivity contribution in [3.8, 4) is 33.6 Å². The van der Waals surface area contributed by atoms with Gasteiger partial charge in [0.25, 0.3) is 0 Å². The molecule has 244 valence electrons. The molecule has 0 bridgehead atoms.